The number of quaternary nitrogens is 1. The summed E-state index contributed by atoms with van der Waals surface area (Å²) in [6.07, 6.45) is 1.67. The highest BCUT2D eigenvalue weighted by Gasteiger charge is 2.17. The normalized spacial score (nSPS) is 12.5. The van der Waals surface area contributed by atoms with Crippen LogP contribution in [0.1, 0.15) is 16.2 Å². The van der Waals surface area contributed by atoms with E-state index >= 15 is 0 Å². The topological polar surface area (TPSA) is 68.0 Å². The van der Waals surface area contributed by atoms with Crippen molar-refractivity contribution in [2.45, 2.75) is 19.6 Å². The maximum atomic E-state index is 12.0. The third-order valence-corrected chi connectivity index (χ3v) is 5.14. The van der Waals surface area contributed by atoms with Crippen LogP contribution in [0.15, 0.2) is 73.8 Å². The fraction of sp³-hybridized carbons (Fsp3) is 0.150. The van der Waals surface area contributed by atoms with Crippen molar-refractivity contribution < 1.29 is 18.8 Å². The van der Waals surface area contributed by atoms with Crippen LogP contribution in [0.25, 0.3) is 11.0 Å². The molecule has 4 aromatic rings. The Labute approximate surface area is 153 Å². The van der Waals surface area contributed by atoms with E-state index in [1.54, 1.807) is 29.7 Å². The van der Waals surface area contributed by atoms with Gasteiger partial charge in [-0.25, -0.2) is 4.79 Å². The number of aromatic hydroxyl groups is 1. The Hall–Kier alpha value is -2.83. The Morgan fingerprint density at radius 2 is 1.96 bits per heavy atom. The van der Waals surface area contributed by atoms with Gasteiger partial charge in [0.25, 0.3) is 0 Å². The Balaban J connectivity index is 1.68. The predicted octanol–water partition coefficient (Wildman–Crippen LogP) is 2.94. The van der Waals surface area contributed by atoms with Gasteiger partial charge in [0.05, 0.1) is 11.1 Å². The molecular weight excluding hydrogens is 350 g/mol. The van der Waals surface area contributed by atoms with Crippen molar-refractivity contribution in [1.29, 1.82) is 0 Å². The Morgan fingerprint density at radius 3 is 2.73 bits per heavy atom. The first-order chi connectivity index (χ1) is 12.7. The zero-order chi connectivity index (χ0) is 17.9. The van der Waals surface area contributed by atoms with Gasteiger partial charge in [-0.15, -0.1) is 11.3 Å². The molecule has 4 rings (SSSR count). The van der Waals surface area contributed by atoms with E-state index in [1.165, 1.54) is 21.9 Å². The zero-order valence-corrected chi connectivity index (χ0v) is 14.8. The molecule has 26 heavy (non-hydrogen) atoms. The molecule has 0 aliphatic rings. The summed E-state index contributed by atoms with van der Waals surface area (Å²) < 4.78 is 10.8. The summed E-state index contributed by atoms with van der Waals surface area (Å²) in [6, 6.07) is 14.4. The van der Waals surface area contributed by atoms with Crippen molar-refractivity contribution in [3.63, 3.8) is 0 Å². The Kier molecular flexibility index (Phi) is 4.60. The van der Waals surface area contributed by atoms with Crippen LogP contribution in [0, 0.1) is 0 Å². The van der Waals surface area contributed by atoms with Gasteiger partial charge in [-0.2, -0.15) is 0 Å². The lowest BCUT2D eigenvalue weighted by molar-refractivity contribution is -0.941. The van der Waals surface area contributed by atoms with E-state index in [-0.39, 0.29) is 5.75 Å². The summed E-state index contributed by atoms with van der Waals surface area (Å²) in [4.78, 5) is 14.5. The van der Waals surface area contributed by atoms with Crippen LogP contribution in [0.2, 0.25) is 0 Å². The van der Waals surface area contributed by atoms with Crippen LogP contribution in [0.5, 0.6) is 5.75 Å². The van der Waals surface area contributed by atoms with Gasteiger partial charge in [0, 0.05) is 23.1 Å². The van der Waals surface area contributed by atoms with Crippen molar-refractivity contribution in [2.24, 2.45) is 0 Å². The number of phenolic OH excluding ortho intramolecular Hbond substituents is 1. The quantitative estimate of drug-likeness (QED) is 0.514. The highest BCUT2D eigenvalue weighted by molar-refractivity contribution is 7.09. The predicted molar refractivity (Wildman–Crippen MR) is 99.3 cm³/mol. The third-order valence-electron chi connectivity index (χ3n) is 4.26. The summed E-state index contributed by atoms with van der Waals surface area (Å²) in [5.41, 5.74) is 0.891. The zero-order valence-electron chi connectivity index (χ0n) is 14.0. The third kappa shape index (κ3) is 3.71. The van der Waals surface area contributed by atoms with Crippen LogP contribution in [-0.4, -0.2) is 5.11 Å². The van der Waals surface area contributed by atoms with Gasteiger partial charge < -0.3 is 18.8 Å². The molecule has 1 atom stereocenters. The van der Waals surface area contributed by atoms with E-state index in [2.05, 4.69) is 11.4 Å². The van der Waals surface area contributed by atoms with Crippen molar-refractivity contribution in [3.05, 3.63) is 86.8 Å². The molecule has 0 amide bonds. The first-order valence-electron chi connectivity index (χ1n) is 8.31. The minimum atomic E-state index is -0.411. The van der Waals surface area contributed by atoms with E-state index in [1.807, 2.05) is 18.2 Å². The minimum Gasteiger partial charge on any atom is -0.508 e. The number of hydrogen-bond acceptors (Lipinski definition) is 5. The molecule has 0 saturated heterocycles. The maximum absolute atomic E-state index is 12.0. The number of furan rings is 1. The highest BCUT2D eigenvalue weighted by atomic mass is 32.1. The maximum Gasteiger partial charge on any atom is 0.336 e. The van der Waals surface area contributed by atoms with Crippen molar-refractivity contribution in [1.82, 2.24) is 0 Å². The molecule has 5 nitrogen and oxygen atoms in total. The van der Waals surface area contributed by atoms with E-state index in [4.69, 9.17) is 8.83 Å². The van der Waals surface area contributed by atoms with E-state index in [0.29, 0.717) is 18.7 Å². The standard InChI is InChI=1S/C20H17NO4S/c22-15-5-6-18-14(9-20(23)25-19(18)10-15)11-21(12-16-3-1-7-24-16)13-17-4-2-8-26-17/h1-10,22H,11-13H2/p+1. The second-order valence-corrected chi connectivity index (χ2v) is 7.24. The van der Waals surface area contributed by atoms with E-state index in [0.717, 1.165) is 23.3 Å². The lowest BCUT2D eigenvalue weighted by Gasteiger charge is -2.18. The smallest absolute Gasteiger partial charge is 0.336 e. The number of phenols is 1. The van der Waals surface area contributed by atoms with Crippen molar-refractivity contribution in [2.75, 3.05) is 0 Å². The van der Waals surface area contributed by atoms with E-state index in [9.17, 15) is 9.90 Å². The lowest BCUT2D eigenvalue weighted by atomic mass is 10.1. The molecule has 1 unspecified atom stereocenters. The molecule has 2 N–H and O–H groups in total. The summed E-state index contributed by atoms with van der Waals surface area (Å²) in [6.45, 7) is 2.19. The number of fused-ring (bicyclic) bond motifs is 1. The van der Waals surface area contributed by atoms with Crippen LogP contribution in [-0.2, 0) is 19.6 Å². The molecule has 0 fully saturated rings. The first kappa shape index (κ1) is 16.6. The van der Waals surface area contributed by atoms with Crippen LogP contribution in [0.3, 0.4) is 0 Å². The minimum absolute atomic E-state index is 0.0798. The van der Waals surface area contributed by atoms with Gasteiger partial charge >= 0.3 is 5.63 Å². The molecule has 0 radical (unpaired) electrons. The number of thiophene rings is 1. The molecule has 0 saturated carbocycles. The molecule has 0 bridgehead atoms. The molecule has 3 aromatic heterocycles. The van der Waals surface area contributed by atoms with Crippen molar-refractivity contribution in [3.8, 4) is 5.75 Å². The van der Waals surface area contributed by atoms with Gasteiger partial charge in [0.15, 0.2) is 5.76 Å². The molecule has 1 aromatic carbocycles. The molecule has 0 spiro atoms. The Morgan fingerprint density at radius 1 is 1.04 bits per heavy atom. The van der Waals surface area contributed by atoms with Gasteiger partial charge in [-0.3, -0.25) is 0 Å². The van der Waals surface area contributed by atoms with Crippen LogP contribution < -0.4 is 10.5 Å². The number of benzene rings is 1. The lowest BCUT2D eigenvalue weighted by Crippen LogP contribution is -3.08. The van der Waals surface area contributed by atoms with Crippen molar-refractivity contribution >= 4 is 22.3 Å². The fourth-order valence-corrected chi connectivity index (χ4v) is 3.92. The second-order valence-electron chi connectivity index (χ2n) is 6.21. The monoisotopic (exact) mass is 368 g/mol. The molecule has 132 valence electrons. The molecule has 3 heterocycles. The summed E-state index contributed by atoms with van der Waals surface area (Å²) in [5.74, 6) is 0.984. The second kappa shape index (κ2) is 7.19. The summed E-state index contributed by atoms with van der Waals surface area (Å²) in [5, 5.41) is 12.6. The highest BCUT2D eigenvalue weighted by Crippen LogP contribution is 2.21. The summed E-state index contributed by atoms with van der Waals surface area (Å²) in [7, 11) is 0. The number of rotatable bonds is 6. The first-order valence-corrected chi connectivity index (χ1v) is 9.19. The number of nitrogens with one attached hydrogen (secondary N) is 1. The van der Waals surface area contributed by atoms with E-state index < -0.39 is 5.63 Å². The van der Waals surface area contributed by atoms with Gasteiger partial charge in [0.1, 0.15) is 31.0 Å². The average Bonchev–Trinajstić information content (AvgIpc) is 3.28. The van der Waals surface area contributed by atoms with Gasteiger partial charge in [-0.05, 0) is 35.7 Å². The molecule has 6 heteroatoms. The Bertz CT molecular complexity index is 1020. The molecule has 0 aliphatic heterocycles. The number of hydrogen-bond donors (Lipinski definition) is 2. The van der Waals surface area contributed by atoms with Gasteiger partial charge in [0.2, 0.25) is 0 Å². The van der Waals surface area contributed by atoms with Gasteiger partial charge in [-0.1, -0.05) is 6.07 Å². The largest absolute Gasteiger partial charge is 0.508 e. The fourth-order valence-electron chi connectivity index (χ4n) is 3.14. The average molecular weight is 368 g/mol. The molecular formula is C20H18NO4S+. The van der Waals surface area contributed by atoms with Crippen LogP contribution >= 0.6 is 11.3 Å². The summed E-state index contributed by atoms with van der Waals surface area (Å²) >= 11 is 1.72. The molecule has 0 aliphatic carbocycles. The SMILES string of the molecule is O=c1cc(C[NH+](Cc2ccco2)Cc2cccs2)c2ccc(O)cc2o1. The van der Waals surface area contributed by atoms with Crippen LogP contribution in [0.4, 0.5) is 0 Å².